The number of rotatable bonds is 12. The van der Waals surface area contributed by atoms with E-state index < -0.39 is 10.0 Å². The Hall–Kier alpha value is -2.88. The van der Waals surface area contributed by atoms with Gasteiger partial charge in [-0.1, -0.05) is 17.7 Å². The van der Waals surface area contributed by atoms with Crippen molar-refractivity contribution in [3.63, 3.8) is 0 Å². The number of nitrogens with one attached hydrogen (secondary N) is 1. The molecule has 1 amide bonds. The summed E-state index contributed by atoms with van der Waals surface area (Å²) in [5.41, 5.74) is 2.20. The van der Waals surface area contributed by atoms with Crippen molar-refractivity contribution in [2.75, 3.05) is 37.4 Å². The van der Waals surface area contributed by atoms with Crippen LogP contribution in [0.2, 0.25) is 5.02 Å². The molecule has 0 aliphatic carbocycles. The number of ether oxygens (including phenoxy) is 2. The van der Waals surface area contributed by atoms with Crippen LogP contribution in [0.1, 0.15) is 17.5 Å². The topological polar surface area (TPSA) is 84.9 Å². The molecule has 3 aromatic carbocycles. The van der Waals surface area contributed by atoms with Crippen LogP contribution in [0.5, 0.6) is 11.5 Å². The van der Waals surface area contributed by atoms with Crippen LogP contribution >= 0.6 is 23.4 Å². The van der Waals surface area contributed by atoms with Crippen LogP contribution in [-0.4, -0.2) is 47.4 Å². The summed E-state index contributed by atoms with van der Waals surface area (Å²) in [6.45, 7) is 3.84. The number of benzene rings is 3. The Balaban J connectivity index is 1.75. The normalized spacial score (nSPS) is 11.2. The van der Waals surface area contributed by atoms with Crippen LogP contribution in [0, 0.1) is 13.8 Å². The van der Waals surface area contributed by atoms with Gasteiger partial charge in [-0.25, -0.2) is 8.42 Å². The molecule has 0 bridgehead atoms. The third-order valence-electron chi connectivity index (χ3n) is 5.45. The Bertz CT molecular complexity index is 1310. The lowest BCUT2D eigenvalue weighted by Gasteiger charge is -2.25. The van der Waals surface area contributed by atoms with Crippen LogP contribution in [0.15, 0.2) is 70.5 Å². The lowest BCUT2D eigenvalue weighted by atomic mass is 10.1. The van der Waals surface area contributed by atoms with E-state index in [4.69, 9.17) is 21.1 Å². The van der Waals surface area contributed by atoms with E-state index in [0.717, 1.165) is 32.5 Å². The van der Waals surface area contributed by atoms with Crippen molar-refractivity contribution >= 4 is 45.0 Å². The average molecular weight is 563 g/mol. The first-order valence-corrected chi connectivity index (χ1v) is 14.4. The van der Waals surface area contributed by atoms with Crippen LogP contribution in [0.3, 0.4) is 0 Å². The van der Waals surface area contributed by atoms with E-state index >= 15 is 0 Å². The van der Waals surface area contributed by atoms with Gasteiger partial charge in [-0.2, -0.15) is 0 Å². The number of thioether (sulfide) groups is 1. The molecule has 0 heterocycles. The molecule has 0 fully saturated rings. The second-order valence-corrected chi connectivity index (χ2v) is 11.8. The maximum absolute atomic E-state index is 13.8. The van der Waals surface area contributed by atoms with Crippen molar-refractivity contribution in [3.8, 4) is 11.5 Å². The molecule has 0 atom stereocenters. The standard InChI is InChI=1S/C27H31ClN2O5S2/c1-19-14-20(2)16-22(15-19)30(37(32,33)24-10-11-25(34-3)26(17-24)35-4)18-27(31)29-12-5-13-36-23-8-6-21(28)7-9-23/h6-11,14-17H,5,12-13,18H2,1-4H3,(H,29,31). The summed E-state index contributed by atoms with van der Waals surface area (Å²) in [6, 6.07) is 17.4. The zero-order valence-corrected chi connectivity index (χ0v) is 23.7. The third-order valence-corrected chi connectivity index (χ3v) is 8.57. The largest absolute Gasteiger partial charge is 0.493 e. The van der Waals surface area contributed by atoms with Gasteiger partial charge in [0.1, 0.15) is 6.54 Å². The summed E-state index contributed by atoms with van der Waals surface area (Å²) < 4.78 is 39.2. The van der Waals surface area contributed by atoms with Crippen LogP contribution < -0.4 is 19.1 Å². The number of carbonyl (C=O) groups excluding carboxylic acids is 1. The van der Waals surface area contributed by atoms with Crippen molar-refractivity contribution in [2.24, 2.45) is 0 Å². The molecule has 10 heteroatoms. The highest BCUT2D eigenvalue weighted by Crippen LogP contribution is 2.32. The summed E-state index contributed by atoms with van der Waals surface area (Å²) in [5, 5.41) is 3.54. The van der Waals surface area contributed by atoms with E-state index in [9.17, 15) is 13.2 Å². The average Bonchev–Trinajstić information content (AvgIpc) is 2.87. The van der Waals surface area contributed by atoms with E-state index in [2.05, 4.69) is 5.32 Å². The molecule has 0 aliphatic heterocycles. The summed E-state index contributed by atoms with van der Waals surface area (Å²) in [4.78, 5) is 14.0. The summed E-state index contributed by atoms with van der Waals surface area (Å²) in [5.74, 6) is 1.10. The first kappa shape index (κ1) is 28.7. The van der Waals surface area contributed by atoms with E-state index in [1.54, 1.807) is 23.9 Å². The van der Waals surface area contributed by atoms with Gasteiger partial charge < -0.3 is 14.8 Å². The predicted octanol–water partition coefficient (Wildman–Crippen LogP) is 5.47. The number of methoxy groups -OCH3 is 2. The summed E-state index contributed by atoms with van der Waals surface area (Å²) >= 11 is 7.58. The van der Waals surface area contributed by atoms with Gasteiger partial charge >= 0.3 is 0 Å². The SMILES string of the molecule is COc1ccc(S(=O)(=O)N(CC(=O)NCCCSc2ccc(Cl)cc2)c2cc(C)cc(C)c2)cc1OC. The molecule has 0 unspecified atom stereocenters. The molecule has 0 saturated carbocycles. The number of nitrogens with zero attached hydrogens (tertiary/aromatic N) is 1. The second-order valence-electron chi connectivity index (χ2n) is 8.38. The van der Waals surface area contributed by atoms with E-state index in [1.807, 2.05) is 44.2 Å². The molecule has 37 heavy (non-hydrogen) atoms. The Morgan fingerprint density at radius 2 is 1.59 bits per heavy atom. The molecular weight excluding hydrogens is 532 g/mol. The number of hydrogen-bond acceptors (Lipinski definition) is 6. The van der Waals surface area contributed by atoms with Crippen molar-refractivity contribution in [1.82, 2.24) is 5.32 Å². The fourth-order valence-corrected chi connectivity index (χ4v) is 6.12. The van der Waals surface area contributed by atoms with Gasteiger partial charge in [0.15, 0.2) is 11.5 Å². The highest BCUT2D eigenvalue weighted by molar-refractivity contribution is 7.99. The predicted molar refractivity (Wildman–Crippen MR) is 150 cm³/mol. The number of carbonyl (C=O) groups is 1. The lowest BCUT2D eigenvalue weighted by Crippen LogP contribution is -2.41. The van der Waals surface area contributed by atoms with Crippen LogP contribution in [0.25, 0.3) is 0 Å². The van der Waals surface area contributed by atoms with E-state index in [1.165, 1.54) is 32.4 Å². The van der Waals surface area contributed by atoms with Crippen LogP contribution in [-0.2, 0) is 14.8 Å². The highest BCUT2D eigenvalue weighted by atomic mass is 35.5. The second kappa shape index (κ2) is 13.1. The minimum absolute atomic E-state index is 0.00327. The van der Waals surface area contributed by atoms with Gasteiger partial charge in [0.2, 0.25) is 5.91 Å². The van der Waals surface area contributed by atoms with Gasteiger partial charge in [0.05, 0.1) is 24.8 Å². The number of amides is 1. The number of aryl methyl sites for hydroxylation is 2. The van der Waals surface area contributed by atoms with E-state index in [0.29, 0.717) is 23.0 Å². The molecule has 0 radical (unpaired) electrons. The molecule has 0 aliphatic rings. The van der Waals surface area contributed by atoms with Crippen molar-refractivity contribution in [3.05, 3.63) is 76.8 Å². The number of halogens is 1. The fourth-order valence-electron chi connectivity index (χ4n) is 3.72. The van der Waals surface area contributed by atoms with Crippen molar-refractivity contribution in [2.45, 2.75) is 30.1 Å². The number of anilines is 1. The Labute approximate surface area is 228 Å². The van der Waals surface area contributed by atoms with Gasteiger partial charge in [-0.05, 0) is 85.7 Å². The molecule has 3 aromatic rings. The molecule has 3 rings (SSSR count). The molecule has 0 saturated heterocycles. The minimum Gasteiger partial charge on any atom is -0.493 e. The number of hydrogen-bond donors (Lipinski definition) is 1. The fraction of sp³-hybridized carbons (Fsp3) is 0.296. The smallest absolute Gasteiger partial charge is 0.264 e. The molecule has 7 nitrogen and oxygen atoms in total. The van der Waals surface area contributed by atoms with Gasteiger partial charge in [-0.3, -0.25) is 9.10 Å². The first-order chi connectivity index (χ1) is 17.6. The monoisotopic (exact) mass is 562 g/mol. The Morgan fingerprint density at radius 1 is 0.946 bits per heavy atom. The molecule has 1 N–H and O–H groups in total. The van der Waals surface area contributed by atoms with Crippen molar-refractivity contribution in [1.29, 1.82) is 0 Å². The van der Waals surface area contributed by atoms with Crippen molar-refractivity contribution < 1.29 is 22.7 Å². The summed E-state index contributed by atoms with van der Waals surface area (Å²) in [6.07, 6.45) is 0.727. The number of sulfonamides is 1. The zero-order chi connectivity index (χ0) is 27.0. The maximum atomic E-state index is 13.8. The Morgan fingerprint density at radius 3 is 2.22 bits per heavy atom. The third kappa shape index (κ3) is 7.80. The van der Waals surface area contributed by atoms with Crippen LogP contribution in [0.4, 0.5) is 5.69 Å². The van der Waals surface area contributed by atoms with Gasteiger partial charge in [0.25, 0.3) is 10.0 Å². The maximum Gasteiger partial charge on any atom is 0.264 e. The lowest BCUT2D eigenvalue weighted by molar-refractivity contribution is -0.119. The van der Waals surface area contributed by atoms with Gasteiger partial charge in [-0.15, -0.1) is 11.8 Å². The quantitative estimate of drug-likeness (QED) is 0.233. The minimum atomic E-state index is -4.09. The highest BCUT2D eigenvalue weighted by Gasteiger charge is 2.28. The summed E-state index contributed by atoms with van der Waals surface area (Å²) in [7, 11) is -1.18. The Kier molecular flexibility index (Phi) is 10.1. The molecule has 0 aromatic heterocycles. The first-order valence-electron chi connectivity index (χ1n) is 11.6. The molecule has 198 valence electrons. The molecular formula is C27H31ClN2O5S2. The van der Waals surface area contributed by atoms with Gasteiger partial charge in [0, 0.05) is 22.5 Å². The molecule has 0 spiro atoms. The van der Waals surface area contributed by atoms with E-state index in [-0.39, 0.29) is 23.1 Å². The zero-order valence-electron chi connectivity index (χ0n) is 21.3.